The first-order valence-corrected chi connectivity index (χ1v) is 7.82. The number of anilines is 1. The van der Waals surface area contributed by atoms with Crippen molar-refractivity contribution < 1.29 is 4.92 Å². The number of pyridine rings is 1. The molecule has 1 fully saturated rings. The largest absolute Gasteiger partial charge is 0.371 e. The SMILES string of the molecule is CC1CCC(N(C)c2ccc([N+](=O)[O-])c3cnccc23)CC1. The van der Waals surface area contributed by atoms with E-state index in [9.17, 15) is 10.1 Å². The molecule has 1 aliphatic rings. The average Bonchev–Trinajstić information content (AvgIpc) is 2.53. The molecule has 0 amide bonds. The fourth-order valence-electron chi connectivity index (χ4n) is 3.45. The molecule has 0 spiro atoms. The number of aromatic nitrogens is 1. The van der Waals surface area contributed by atoms with Gasteiger partial charge in [-0.15, -0.1) is 0 Å². The highest BCUT2D eigenvalue weighted by molar-refractivity contribution is 5.99. The Morgan fingerprint density at radius 2 is 1.91 bits per heavy atom. The summed E-state index contributed by atoms with van der Waals surface area (Å²) in [5.41, 5.74) is 1.18. The molecular formula is C17H21N3O2. The number of rotatable bonds is 3. The van der Waals surface area contributed by atoms with Gasteiger partial charge in [-0.2, -0.15) is 0 Å². The second-order valence-corrected chi connectivity index (χ2v) is 6.31. The summed E-state index contributed by atoms with van der Waals surface area (Å²) < 4.78 is 0. The summed E-state index contributed by atoms with van der Waals surface area (Å²) in [4.78, 5) is 17.2. The van der Waals surface area contributed by atoms with Gasteiger partial charge in [-0.1, -0.05) is 6.92 Å². The molecule has 0 saturated heterocycles. The number of nitro benzene ring substituents is 1. The number of hydrogen-bond acceptors (Lipinski definition) is 4. The van der Waals surface area contributed by atoms with E-state index in [2.05, 4.69) is 23.9 Å². The van der Waals surface area contributed by atoms with Crippen molar-refractivity contribution in [3.8, 4) is 0 Å². The van der Waals surface area contributed by atoms with E-state index in [-0.39, 0.29) is 10.6 Å². The van der Waals surface area contributed by atoms with Gasteiger partial charge in [0.15, 0.2) is 0 Å². The van der Waals surface area contributed by atoms with Gasteiger partial charge in [-0.3, -0.25) is 15.1 Å². The molecule has 0 radical (unpaired) electrons. The molecule has 22 heavy (non-hydrogen) atoms. The molecule has 0 N–H and O–H groups in total. The highest BCUT2D eigenvalue weighted by Gasteiger charge is 2.24. The molecule has 0 bridgehead atoms. The summed E-state index contributed by atoms with van der Waals surface area (Å²) in [6, 6.07) is 5.85. The molecular weight excluding hydrogens is 278 g/mol. The zero-order chi connectivity index (χ0) is 15.7. The van der Waals surface area contributed by atoms with E-state index in [4.69, 9.17) is 0 Å². The second kappa shape index (κ2) is 5.91. The lowest BCUT2D eigenvalue weighted by atomic mass is 9.86. The molecule has 1 aliphatic carbocycles. The van der Waals surface area contributed by atoms with Crippen LogP contribution < -0.4 is 4.90 Å². The van der Waals surface area contributed by atoms with Crippen LogP contribution in [-0.4, -0.2) is 23.0 Å². The quantitative estimate of drug-likeness (QED) is 0.631. The lowest BCUT2D eigenvalue weighted by molar-refractivity contribution is -0.383. The van der Waals surface area contributed by atoms with Gasteiger partial charge in [-0.05, 0) is 43.7 Å². The fourth-order valence-corrected chi connectivity index (χ4v) is 3.45. The third-order valence-electron chi connectivity index (χ3n) is 4.88. The minimum absolute atomic E-state index is 0.123. The van der Waals surface area contributed by atoms with Crippen LogP contribution in [0.1, 0.15) is 32.6 Å². The van der Waals surface area contributed by atoms with Crippen LogP contribution in [0.15, 0.2) is 30.6 Å². The van der Waals surface area contributed by atoms with Gasteiger partial charge < -0.3 is 4.90 Å². The maximum Gasteiger partial charge on any atom is 0.278 e. The Morgan fingerprint density at radius 3 is 2.59 bits per heavy atom. The van der Waals surface area contributed by atoms with Crippen molar-refractivity contribution in [1.29, 1.82) is 0 Å². The molecule has 116 valence electrons. The number of nitrogens with zero attached hydrogens (tertiary/aromatic N) is 3. The molecule has 2 aromatic rings. The third kappa shape index (κ3) is 2.63. The normalized spacial score (nSPS) is 21.7. The van der Waals surface area contributed by atoms with Crippen molar-refractivity contribution in [2.45, 2.75) is 38.6 Å². The van der Waals surface area contributed by atoms with E-state index in [0.717, 1.165) is 17.0 Å². The van der Waals surface area contributed by atoms with Gasteiger partial charge in [0, 0.05) is 42.6 Å². The number of hydrogen-bond donors (Lipinski definition) is 0. The van der Waals surface area contributed by atoms with E-state index in [1.54, 1.807) is 18.5 Å². The van der Waals surface area contributed by atoms with Crippen LogP contribution in [0.5, 0.6) is 0 Å². The van der Waals surface area contributed by atoms with Crippen LogP contribution in [0.2, 0.25) is 0 Å². The number of benzene rings is 1. The Morgan fingerprint density at radius 1 is 1.18 bits per heavy atom. The molecule has 0 aliphatic heterocycles. The van der Waals surface area contributed by atoms with E-state index >= 15 is 0 Å². The van der Waals surface area contributed by atoms with Crippen LogP contribution in [0, 0.1) is 16.0 Å². The predicted molar refractivity (Wildman–Crippen MR) is 88.2 cm³/mol. The molecule has 3 rings (SSSR count). The average molecular weight is 299 g/mol. The van der Waals surface area contributed by atoms with Crippen molar-refractivity contribution in [2.75, 3.05) is 11.9 Å². The Bertz CT molecular complexity index is 693. The van der Waals surface area contributed by atoms with E-state index in [1.807, 2.05) is 12.1 Å². The Balaban J connectivity index is 2.00. The van der Waals surface area contributed by atoms with Crippen molar-refractivity contribution in [3.63, 3.8) is 0 Å². The van der Waals surface area contributed by atoms with Crippen LogP contribution in [0.3, 0.4) is 0 Å². The molecule has 0 atom stereocenters. The van der Waals surface area contributed by atoms with Crippen LogP contribution in [0.25, 0.3) is 10.8 Å². The number of non-ortho nitro benzene ring substituents is 1. The summed E-state index contributed by atoms with van der Waals surface area (Å²) in [6.07, 6.45) is 8.16. The lowest BCUT2D eigenvalue weighted by Gasteiger charge is -2.35. The Kier molecular flexibility index (Phi) is 3.96. The van der Waals surface area contributed by atoms with E-state index in [1.165, 1.54) is 25.7 Å². The van der Waals surface area contributed by atoms with Gasteiger partial charge in [-0.25, -0.2) is 0 Å². The van der Waals surface area contributed by atoms with Crippen LogP contribution in [-0.2, 0) is 0 Å². The summed E-state index contributed by atoms with van der Waals surface area (Å²) in [7, 11) is 2.10. The van der Waals surface area contributed by atoms with Gasteiger partial charge >= 0.3 is 0 Å². The molecule has 0 unspecified atom stereocenters. The Hall–Kier alpha value is -2.17. The summed E-state index contributed by atoms with van der Waals surface area (Å²) in [5.74, 6) is 0.808. The van der Waals surface area contributed by atoms with Gasteiger partial charge in [0.05, 0.1) is 10.3 Å². The van der Waals surface area contributed by atoms with Crippen molar-refractivity contribution in [2.24, 2.45) is 5.92 Å². The second-order valence-electron chi connectivity index (χ2n) is 6.31. The maximum atomic E-state index is 11.2. The molecule has 1 heterocycles. The highest BCUT2D eigenvalue weighted by Crippen LogP contribution is 2.36. The molecule has 5 heteroatoms. The zero-order valence-electron chi connectivity index (χ0n) is 13.0. The highest BCUT2D eigenvalue weighted by atomic mass is 16.6. The molecule has 1 aromatic heterocycles. The Labute approximate surface area is 130 Å². The third-order valence-corrected chi connectivity index (χ3v) is 4.88. The number of nitro groups is 1. The monoisotopic (exact) mass is 299 g/mol. The predicted octanol–water partition coefficient (Wildman–Crippen LogP) is 4.16. The zero-order valence-corrected chi connectivity index (χ0v) is 13.0. The summed E-state index contributed by atoms with van der Waals surface area (Å²) in [6.45, 7) is 2.31. The van der Waals surface area contributed by atoms with Gasteiger partial charge in [0.2, 0.25) is 0 Å². The standard InChI is InChI=1S/C17H21N3O2/c1-12-3-5-13(6-4-12)19(2)16-7-8-17(20(21)22)15-11-18-10-9-14(15)16/h7-13H,3-6H2,1-2H3. The smallest absolute Gasteiger partial charge is 0.278 e. The van der Waals surface area contributed by atoms with Crippen LogP contribution >= 0.6 is 0 Å². The molecule has 1 aromatic carbocycles. The molecule has 5 nitrogen and oxygen atoms in total. The van der Waals surface area contributed by atoms with Crippen molar-refractivity contribution in [1.82, 2.24) is 4.98 Å². The first-order chi connectivity index (χ1) is 10.6. The van der Waals surface area contributed by atoms with Gasteiger partial charge in [0.25, 0.3) is 5.69 Å². The van der Waals surface area contributed by atoms with Gasteiger partial charge in [0.1, 0.15) is 0 Å². The fraction of sp³-hybridized carbons (Fsp3) is 0.471. The lowest BCUT2D eigenvalue weighted by Crippen LogP contribution is -2.34. The van der Waals surface area contributed by atoms with Crippen molar-refractivity contribution in [3.05, 3.63) is 40.7 Å². The minimum Gasteiger partial charge on any atom is -0.371 e. The summed E-state index contributed by atoms with van der Waals surface area (Å²) in [5, 5.41) is 12.7. The van der Waals surface area contributed by atoms with Crippen LogP contribution in [0.4, 0.5) is 11.4 Å². The van der Waals surface area contributed by atoms with E-state index in [0.29, 0.717) is 11.4 Å². The first kappa shape index (κ1) is 14.8. The topological polar surface area (TPSA) is 59.3 Å². The van der Waals surface area contributed by atoms with Crippen molar-refractivity contribution >= 4 is 22.1 Å². The first-order valence-electron chi connectivity index (χ1n) is 7.82. The summed E-state index contributed by atoms with van der Waals surface area (Å²) >= 11 is 0. The van der Waals surface area contributed by atoms with E-state index < -0.39 is 0 Å². The molecule has 1 saturated carbocycles. The number of fused-ring (bicyclic) bond motifs is 1. The minimum atomic E-state index is -0.337. The maximum absolute atomic E-state index is 11.2.